The van der Waals surface area contributed by atoms with Gasteiger partial charge in [-0.2, -0.15) is 5.26 Å². The molecule has 0 spiro atoms. The zero-order chi connectivity index (χ0) is 26.5. The lowest BCUT2D eigenvalue weighted by Gasteiger charge is -2.29. The van der Waals surface area contributed by atoms with E-state index in [1.54, 1.807) is 13.1 Å². The molecule has 0 aromatic heterocycles. The number of nitriles is 1. The summed E-state index contributed by atoms with van der Waals surface area (Å²) >= 11 is 0. The monoisotopic (exact) mass is 481 g/mol. The van der Waals surface area contributed by atoms with Crippen LogP contribution in [0.4, 0.5) is 0 Å². The van der Waals surface area contributed by atoms with Gasteiger partial charge < -0.3 is 10.6 Å². The quantitative estimate of drug-likeness (QED) is 0.470. The molecule has 3 rings (SSSR count). The Bertz CT molecular complexity index is 1210. The molecular weight excluding hydrogens is 446 g/mol. The van der Waals surface area contributed by atoms with Crippen LogP contribution in [0.25, 0.3) is 0 Å². The van der Waals surface area contributed by atoms with Crippen LogP contribution in [0.3, 0.4) is 0 Å². The highest BCUT2D eigenvalue weighted by Gasteiger charge is 2.33. The van der Waals surface area contributed by atoms with Gasteiger partial charge in [0.05, 0.1) is 11.5 Å². The molecule has 0 unspecified atom stereocenters. The lowest BCUT2D eigenvalue weighted by Crippen LogP contribution is -2.49. The minimum atomic E-state index is -0.849. The van der Waals surface area contributed by atoms with Crippen LogP contribution < -0.4 is 10.6 Å². The maximum Gasteiger partial charge on any atom is 0.251 e. The molecule has 2 amide bonds. The number of hydrogen-bond donors (Lipinski definition) is 2. The fraction of sp³-hybridized carbons (Fsp3) is 0.323. The van der Waals surface area contributed by atoms with Gasteiger partial charge in [0.2, 0.25) is 5.91 Å². The van der Waals surface area contributed by atoms with Gasteiger partial charge in [0.25, 0.3) is 5.91 Å². The summed E-state index contributed by atoms with van der Waals surface area (Å²) in [7, 11) is 1.57. The van der Waals surface area contributed by atoms with Gasteiger partial charge >= 0.3 is 0 Å². The largest absolute Gasteiger partial charge is 0.357 e. The molecule has 186 valence electrons. The van der Waals surface area contributed by atoms with Crippen molar-refractivity contribution in [2.45, 2.75) is 57.4 Å². The first kappa shape index (κ1) is 26.7. The molecule has 5 heteroatoms. The molecule has 1 atom stereocenters. The molecule has 0 fully saturated rings. The Morgan fingerprint density at radius 1 is 0.806 bits per heavy atom. The topological polar surface area (TPSA) is 82.0 Å². The third-order valence-corrected chi connectivity index (χ3v) is 6.53. The van der Waals surface area contributed by atoms with Crippen LogP contribution >= 0.6 is 0 Å². The third-order valence-electron chi connectivity index (χ3n) is 6.53. The fourth-order valence-electron chi connectivity index (χ4n) is 4.20. The van der Waals surface area contributed by atoms with Crippen LogP contribution in [0.2, 0.25) is 0 Å². The van der Waals surface area contributed by atoms with E-state index in [4.69, 9.17) is 0 Å². The van der Waals surface area contributed by atoms with Crippen molar-refractivity contribution in [1.82, 2.24) is 10.6 Å². The number of carbonyl (C=O) groups excluding carboxylic acids is 2. The summed E-state index contributed by atoms with van der Waals surface area (Å²) in [5.74, 6) is -1.04. The van der Waals surface area contributed by atoms with Crippen molar-refractivity contribution >= 4 is 11.8 Å². The smallest absolute Gasteiger partial charge is 0.251 e. The molecule has 5 nitrogen and oxygen atoms in total. The van der Waals surface area contributed by atoms with E-state index in [1.165, 1.54) is 0 Å². The highest BCUT2D eigenvalue weighted by atomic mass is 16.2. The lowest BCUT2D eigenvalue weighted by molar-refractivity contribution is -0.122. The van der Waals surface area contributed by atoms with Crippen LogP contribution in [0.15, 0.2) is 78.9 Å². The number of likely N-dealkylation sites (N-methyl/N-ethyl adjacent to an activating group) is 1. The molecule has 0 saturated heterocycles. The van der Waals surface area contributed by atoms with Crippen molar-refractivity contribution in [2.75, 3.05) is 7.05 Å². The summed E-state index contributed by atoms with van der Waals surface area (Å²) in [5, 5.41) is 15.5. The SMILES string of the molecule is CNC(=O)[C@@H](NC(=O)c1cc(C(C)(C)C)cc(C(C)(C)C#N)c1)C(c1ccccc1)c1ccccc1. The second-order valence-electron chi connectivity index (χ2n) is 10.7. The van der Waals surface area contributed by atoms with Gasteiger partial charge in [0.1, 0.15) is 6.04 Å². The van der Waals surface area contributed by atoms with Crippen molar-refractivity contribution in [3.8, 4) is 6.07 Å². The second-order valence-corrected chi connectivity index (χ2v) is 10.7. The van der Waals surface area contributed by atoms with Crippen molar-refractivity contribution in [1.29, 1.82) is 5.26 Å². The molecule has 0 aliphatic rings. The first-order chi connectivity index (χ1) is 17.0. The Morgan fingerprint density at radius 3 is 1.75 bits per heavy atom. The number of amides is 2. The van der Waals surface area contributed by atoms with Gasteiger partial charge in [-0.1, -0.05) is 87.5 Å². The van der Waals surface area contributed by atoms with Crippen molar-refractivity contribution < 1.29 is 9.59 Å². The number of hydrogen-bond acceptors (Lipinski definition) is 3. The van der Waals surface area contributed by atoms with Crippen molar-refractivity contribution in [3.05, 3.63) is 107 Å². The number of rotatable bonds is 7. The van der Waals surface area contributed by atoms with Crippen LogP contribution in [0, 0.1) is 11.3 Å². The van der Waals surface area contributed by atoms with Crippen LogP contribution in [0.5, 0.6) is 0 Å². The Kier molecular flexibility index (Phi) is 8.00. The molecule has 0 aliphatic carbocycles. The van der Waals surface area contributed by atoms with Crippen molar-refractivity contribution in [2.24, 2.45) is 0 Å². The molecule has 3 aromatic rings. The number of nitrogens with zero attached hydrogens (tertiary/aromatic N) is 1. The number of carbonyl (C=O) groups is 2. The molecular formula is C31H35N3O2. The molecule has 2 N–H and O–H groups in total. The Labute approximate surface area is 214 Å². The zero-order valence-corrected chi connectivity index (χ0v) is 21.9. The molecule has 0 saturated carbocycles. The van der Waals surface area contributed by atoms with E-state index in [1.807, 2.05) is 86.6 Å². The van der Waals surface area contributed by atoms with Gasteiger partial charge in [-0.05, 0) is 53.6 Å². The third kappa shape index (κ3) is 6.01. The average molecular weight is 482 g/mol. The first-order valence-electron chi connectivity index (χ1n) is 12.2. The molecule has 0 radical (unpaired) electrons. The standard InChI is InChI=1S/C31H35N3O2/c1-30(2,3)24-17-23(18-25(19-24)31(4,5)20-32)28(35)34-27(29(36)33-6)26(21-13-9-7-10-14-21)22-15-11-8-12-16-22/h7-19,26-27H,1-6H3,(H,33,36)(H,34,35)/t27-/m0/s1. The summed E-state index contributed by atoms with van der Waals surface area (Å²) < 4.78 is 0. The van der Waals surface area contributed by atoms with Gasteiger partial charge in [0.15, 0.2) is 0 Å². The molecule has 0 heterocycles. The zero-order valence-electron chi connectivity index (χ0n) is 21.9. The van der Waals surface area contributed by atoms with Crippen LogP contribution in [0.1, 0.15) is 73.1 Å². The summed E-state index contributed by atoms with van der Waals surface area (Å²) in [4.78, 5) is 26.9. The minimum Gasteiger partial charge on any atom is -0.357 e. The van der Waals surface area contributed by atoms with E-state index >= 15 is 0 Å². The number of nitrogens with one attached hydrogen (secondary N) is 2. The van der Waals surface area contributed by atoms with E-state index < -0.39 is 17.4 Å². The van der Waals surface area contributed by atoms with Crippen molar-refractivity contribution in [3.63, 3.8) is 0 Å². The summed E-state index contributed by atoms with van der Waals surface area (Å²) in [6, 6.07) is 26.5. The van der Waals surface area contributed by atoms with E-state index in [-0.39, 0.29) is 17.2 Å². The maximum absolute atomic E-state index is 13.7. The van der Waals surface area contributed by atoms with Crippen LogP contribution in [-0.2, 0) is 15.6 Å². The van der Waals surface area contributed by atoms with E-state index in [0.29, 0.717) is 5.56 Å². The molecule has 0 aliphatic heterocycles. The molecule has 36 heavy (non-hydrogen) atoms. The maximum atomic E-state index is 13.7. The van der Waals surface area contributed by atoms with Gasteiger partial charge in [-0.25, -0.2) is 0 Å². The average Bonchev–Trinajstić information content (AvgIpc) is 2.88. The summed E-state index contributed by atoms with van der Waals surface area (Å²) in [6.45, 7) is 9.89. The number of benzene rings is 3. The van der Waals surface area contributed by atoms with Gasteiger partial charge in [-0.3, -0.25) is 9.59 Å². The Morgan fingerprint density at radius 2 is 1.31 bits per heavy atom. The second kappa shape index (κ2) is 10.8. The van der Waals surface area contributed by atoms with Gasteiger partial charge in [0, 0.05) is 18.5 Å². The Hall–Kier alpha value is -3.91. The van der Waals surface area contributed by atoms with E-state index in [9.17, 15) is 14.9 Å². The first-order valence-corrected chi connectivity index (χ1v) is 12.2. The predicted molar refractivity (Wildman–Crippen MR) is 144 cm³/mol. The Balaban J connectivity index is 2.10. The van der Waals surface area contributed by atoms with E-state index in [2.05, 4.69) is 37.5 Å². The van der Waals surface area contributed by atoms with Gasteiger partial charge in [-0.15, -0.1) is 0 Å². The minimum absolute atomic E-state index is 0.229. The fourth-order valence-corrected chi connectivity index (χ4v) is 4.20. The highest BCUT2D eigenvalue weighted by Crippen LogP contribution is 2.32. The molecule has 0 bridgehead atoms. The predicted octanol–water partition coefficient (Wildman–Crippen LogP) is 5.46. The van der Waals surface area contributed by atoms with E-state index in [0.717, 1.165) is 22.3 Å². The summed E-state index contributed by atoms with van der Waals surface area (Å²) in [5.41, 5.74) is 2.99. The molecule has 3 aromatic carbocycles. The van der Waals surface area contributed by atoms with Crippen LogP contribution in [-0.4, -0.2) is 24.9 Å². The lowest BCUT2D eigenvalue weighted by atomic mass is 9.79. The highest BCUT2D eigenvalue weighted by molar-refractivity contribution is 5.98. The normalized spacial score (nSPS) is 12.5. The summed E-state index contributed by atoms with van der Waals surface area (Å²) in [6.07, 6.45) is 0.